The quantitative estimate of drug-likeness (QED) is 0.339. The molecule has 2 aromatic rings. The third-order valence-corrected chi connectivity index (χ3v) is 4.95. The number of anilines is 2. The number of sulfonamides is 1. The molecule has 3 rings (SSSR count). The number of rotatable bonds is 6. The van der Waals surface area contributed by atoms with Gasteiger partial charge in [-0.25, -0.2) is 8.42 Å². The first kappa shape index (κ1) is 22.9. The van der Waals surface area contributed by atoms with Gasteiger partial charge in [0.05, 0.1) is 11.9 Å². The van der Waals surface area contributed by atoms with Crippen LogP contribution in [0.2, 0.25) is 0 Å². The van der Waals surface area contributed by atoms with Crippen LogP contribution in [0.25, 0.3) is 0 Å². The zero-order chi connectivity index (χ0) is 22.8. The van der Waals surface area contributed by atoms with E-state index >= 15 is 0 Å². The first-order valence-corrected chi connectivity index (χ1v) is 11.0. The van der Waals surface area contributed by atoms with Crippen molar-refractivity contribution >= 4 is 27.3 Å². The summed E-state index contributed by atoms with van der Waals surface area (Å²) in [5.41, 5.74) is 0.271. The van der Waals surface area contributed by atoms with Gasteiger partial charge < -0.3 is 35.2 Å². The summed E-state index contributed by atoms with van der Waals surface area (Å²) in [6, 6.07) is 12.6. The molecule has 11 nitrogen and oxygen atoms in total. The fourth-order valence-electron chi connectivity index (χ4n) is 2.88. The van der Waals surface area contributed by atoms with E-state index < -0.39 is 46.6 Å². The molecule has 0 radical (unpaired) electrons. The van der Waals surface area contributed by atoms with Gasteiger partial charge in [-0.1, -0.05) is 18.2 Å². The standard InChI is InChI=1S/C19H22N2O9S/c1-31(27,28)21-12-8-7-10(9-13(12)29-11-5-3-2-4-6-11)20-18(25)17-15(23)14(22)16(24)19(26)30-17/h2-9,14-17,19,21-24,26H,1H3,(H,20,25)/t14-,15-,16?,17?,19+/m0/s1. The highest BCUT2D eigenvalue weighted by atomic mass is 32.2. The van der Waals surface area contributed by atoms with E-state index in [0.29, 0.717) is 5.75 Å². The van der Waals surface area contributed by atoms with Gasteiger partial charge in [0.1, 0.15) is 24.1 Å². The van der Waals surface area contributed by atoms with Crippen LogP contribution in [0.5, 0.6) is 11.5 Å². The molecule has 1 amide bonds. The molecule has 0 saturated carbocycles. The van der Waals surface area contributed by atoms with Crippen molar-refractivity contribution in [1.82, 2.24) is 0 Å². The Labute approximate surface area is 177 Å². The van der Waals surface area contributed by atoms with Crippen LogP contribution >= 0.6 is 0 Å². The highest BCUT2D eigenvalue weighted by molar-refractivity contribution is 7.92. The van der Waals surface area contributed by atoms with Gasteiger partial charge in [0, 0.05) is 11.8 Å². The minimum absolute atomic E-state index is 0.0787. The molecule has 1 aliphatic rings. The predicted molar refractivity (Wildman–Crippen MR) is 109 cm³/mol. The van der Waals surface area contributed by atoms with Crippen LogP contribution in [-0.4, -0.2) is 71.7 Å². The van der Waals surface area contributed by atoms with Crippen LogP contribution in [0, 0.1) is 0 Å². The van der Waals surface area contributed by atoms with E-state index in [1.165, 1.54) is 18.2 Å². The fraction of sp³-hybridized carbons (Fsp3) is 0.316. The third kappa shape index (κ3) is 5.70. The maximum absolute atomic E-state index is 12.5. The number of aliphatic hydroxyl groups is 4. The molecule has 12 heteroatoms. The number of aliphatic hydroxyl groups excluding tert-OH is 4. The minimum atomic E-state index is -3.62. The van der Waals surface area contributed by atoms with Gasteiger partial charge in [-0.15, -0.1) is 0 Å². The second-order valence-corrected chi connectivity index (χ2v) is 8.66. The number of ether oxygens (including phenoxy) is 2. The molecule has 1 aliphatic heterocycles. The summed E-state index contributed by atoms with van der Waals surface area (Å²) in [6.07, 6.45) is -7.91. The first-order chi connectivity index (χ1) is 14.5. The van der Waals surface area contributed by atoms with Crippen LogP contribution in [0.4, 0.5) is 11.4 Å². The number of nitrogens with one attached hydrogen (secondary N) is 2. The van der Waals surface area contributed by atoms with E-state index in [1.54, 1.807) is 30.3 Å². The lowest BCUT2D eigenvalue weighted by Crippen LogP contribution is -2.60. The maximum atomic E-state index is 12.5. The Bertz CT molecular complexity index is 1030. The molecule has 1 fully saturated rings. The van der Waals surface area contributed by atoms with E-state index in [1.807, 2.05) is 0 Å². The summed E-state index contributed by atoms with van der Waals surface area (Å²) < 4.78 is 36.2. The Morgan fingerprint density at radius 1 is 1.00 bits per heavy atom. The molecule has 5 atom stereocenters. The normalized spacial score (nSPS) is 26.2. The summed E-state index contributed by atoms with van der Waals surface area (Å²) in [6.45, 7) is 0. The minimum Gasteiger partial charge on any atom is -0.455 e. The molecule has 1 heterocycles. The number of carbonyl (C=O) groups excluding carboxylic acids is 1. The molecule has 0 aliphatic carbocycles. The van der Waals surface area contributed by atoms with Crippen molar-refractivity contribution in [3.8, 4) is 11.5 Å². The van der Waals surface area contributed by atoms with Crippen molar-refractivity contribution in [2.75, 3.05) is 16.3 Å². The highest BCUT2D eigenvalue weighted by Crippen LogP contribution is 2.33. The topological polar surface area (TPSA) is 175 Å². The van der Waals surface area contributed by atoms with Gasteiger partial charge in [-0.3, -0.25) is 9.52 Å². The number of para-hydroxylation sites is 1. The van der Waals surface area contributed by atoms with Crippen LogP contribution in [0.3, 0.4) is 0 Å². The molecule has 0 spiro atoms. The lowest BCUT2D eigenvalue weighted by atomic mass is 9.98. The van der Waals surface area contributed by atoms with Gasteiger partial charge in [-0.2, -0.15) is 0 Å². The molecular weight excluding hydrogens is 432 g/mol. The number of hydrogen-bond donors (Lipinski definition) is 6. The van der Waals surface area contributed by atoms with E-state index in [-0.39, 0.29) is 17.1 Å². The molecule has 31 heavy (non-hydrogen) atoms. The van der Waals surface area contributed by atoms with Crippen molar-refractivity contribution in [2.45, 2.75) is 30.7 Å². The Morgan fingerprint density at radius 3 is 2.32 bits per heavy atom. The number of benzene rings is 2. The van der Waals surface area contributed by atoms with Crippen LogP contribution in [0.15, 0.2) is 48.5 Å². The molecule has 2 aromatic carbocycles. The SMILES string of the molecule is CS(=O)(=O)Nc1ccc(NC(=O)C2O[C@@H](O)C(O)[C@@H](O)[C@@H]2O)cc1Oc1ccccc1. The monoisotopic (exact) mass is 454 g/mol. The third-order valence-electron chi connectivity index (χ3n) is 4.36. The molecular formula is C19H22N2O9S. The van der Waals surface area contributed by atoms with Crippen LogP contribution in [0.1, 0.15) is 0 Å². The van der Waals surface area contributed by atoms with Gasteiger partial charge in [0.25, 0.3) is 5.91 Å². The van der Waals surface area contributed by atoms with Crippen LogP contribution in [-0.2, 0) is 19.6 Å². The first-order valence-electron chi connectivity index (χ1n) is 9.08. The van der Waals surface area contributed by atoms with Crippen molar-refractivity contribution in [2.24, 2.45) is 0 Å². The molecule has 2 unspecified atom stereocenters. The van der Waals surface area contributed by atoms with E-state index in [2.05, 4.69) is 10.0 Å². The summed E-state index contributed by atoms with van der Waals surface area (Å²) in [4.78, 5) is 12.5. The number of hydrogen-bond acceptors (Lipinski definition) is 9. The van der Waals surface area contributed by atoms with E-state index in [4.69, 9.17) is 9.47 Å². The summed E-state index contributed by atoms with van der Waals surface area (Å²) in [5.74, 6) is -0.421. The molecule has 1 saturated heterocycles. The van der Waals surface area contributed by atoms with E-state index in [0.717, 1.165) is 6.26 Å². The zero-order valence-electron chi connectivity index (χ0n) is 16.2. The second kappa shape index (κ2) is 9.18. The highest BCUT2D eigenvalue weighted by Gasteiger charge is 2.46. The van der Waals surface area contributed by atoms with Crippen molar-refractivity contribution < 1.29 is 43.1 Å². The Hall–Kier alpha value is -2.74. The van der Waals surface area contributed by atoms with Crippen molar-refractivity contribution in [1.29, 1.82) is 0 Å². The molecule has 0 bridgehead atoms. The molecule has 6 N–H and O–H groups in total. The number of carbonyl (C=O) groups is 1. The van der Waals surface area contributed by atoms with Gasteiger partial charge in [0.2, 0.25) is 10.0 Å². The maximum Gasteiger partial charge on any atom is 0.256 e. The van der Waals surface area contributed by atoms with Gasteiger partial charge in [0.15, 0.2) is 18.1 Å². The summed E-state index contributed by atoms with van der Waals surface area (Å²) >= 11 is 0. The lowest BCUT2D eigenvalue weighted by molar-refractivity contribution is -0.274. The molecule has 168 valence electrons. The lowest BCUT2D eigenvalue weighted by Gasteiger charge is -2.37. The number of amides is 1. The second-order valence-electron chi connectivity index (χ2n) is 6.91. The van der Waals surface area contributed by atoms with Crippen LogP contribution < -0.4 is 14.8 Å². The fourth-order valence-corrected chi connectivity index (χ4v) is 3.44. The van der Waals surface area contributed by atoms with Gasteiger partial charge in [-0.05, 0) is 24.3 Å². The Balaban J connectivity index is 1.84. The predicted octanol–water partition coefficient (Wildman–Crippen LogP) is -0.411. The largest absolute Gasteiger partial charge is 0.455 e. The van der Waals surface area contributed by atoms with Crippen molar-refractivity contribution in [3.05, 3.63) is 48.5 Å². The average Bonchev–Trinajstić information content (AvgIpc) is 2.71. The van der Waals surface area contributed by atoms with E-state index in [9.17, 15) is 33.6 Å². The summed E-state index contributed by atoms with van der Waals surface area (Å²) in [7, 11) is -3.62. The Morgan fingerprint density at radius 2 is 1.68 bits per heavy atom. The van der Waals surface area contributed by atoms with Crippen molar-refractivity contribution in [3.63, 3.8) is 0 Å². The summed E-state index contributed by atoms with van der Waals surface area (Å²) in [5, 5.41) is 41.3. The average molecular weight is 454 g/mol. The molecule has 0 aromatic heterocycles. The smallest absolute Gasteiger partial charge is 0.256 e. The Kier molecular flexibility index (Phi) is 6.79. The zero-order valence-corrected chi connectivity index (χ0v) is 17.1. The van der Waals surface area contributed by atoms with Gasteiger partial charge >= 0.3 is 0 Å².